The van der Waals surface area contributed by atoms with Crippen LogP contribution in [0.3, 0.4) is 0 Å². The zero-order valence-corrected chi connectivity index (χ0v) is 30.3. The van der Waals surface area contributed by atoms with E-state index in [0.29, 0.717) is 0 Å². The lowest BCUT2D eigenvalue weighted by molar-refractivity contribution is 1.32. The zero-order valence-electron chi connectivity index (χ0n) is 28.7. The number of anilines is 3. The molecule has 0 aliphatic rings. The number of nitrogens with zero attached hydrogens (tertiary/aromatic N) is 1. The van der Waals surface area contributed by atoms with Gasteiger partial charge >= 0.3 is 0 Å². The van der Waals surface area contributed by atoms with Crippen molar-refractivity contribution in [3.05, 3.63) is 188 Å². The van der Waals surface area contributed by atoms with Crippen molar-refractivity contribution in [2.45, 2.75) is 0 Å². The molecule has 3 heteroatoms. The van der Waals surface area contributed by atoms with Gasteiger partial charge in [0.05, 0.1) is 11.4 Å². The van der Waals surface area contributed by atoms with Gasteiger partial charge in [-0.15, -0.1) is 22.7 Å². The van der Waals surface area contributed by atoms with Gasteiger partial charge in [0.15, 0.2) is 0 Å². The Labute approximate surface area is 315 Å². The topological polar surface area (TPSA) is 3.24 Å². The second-order valence-electron chi connectivity index (χ2n) is 13.6. The highest BCUT2D eigenvalue weighted by molar-refractivity contribution is 7.27. The molecule has 248 valence electrons. The molecule has 0 N–H and O–H groups in total. The van der Waals surface area contributed by atoms with Crippen LogP contribution in [0.5, 0.6) is 0 Å². The Hall–Kier alpha value is -6.26. The summed E-state index contributed by atoms with van der Waals surface area (Å²) in [6, 6.07) is 68.9. The fraction of sp³-hybridized carbons (Fsp3) is 0. The highest BCUT2D eigenvalue weighted by atomic mass is 32.1. The molecule has 0 radical (unpaired) electrons. The number of rotatable bonds is 5. The van der Waals surface area contributed by atoms with Crippen LogP contribution in [0.15, 0.2) is 188 Å². The largest absolute Gasteiger partial charge is 0.309 e. The first-order valence-electron chi connectivity index (χ1n) is 18.0. The maximum atomic E-state index is 2.45. The second kappa shape index (κ2) is 12.2. The number of fused-ring (bicyclic) bond motifs is 9. The highest BCUT2D eigenvalue weighted by Gasteiger charge is 2.21. The summed E-state index contributed by atoms with van der Waals surface area (Å²) in [4.78, 5) is 2.45. The van der Waals surface area contributed by atoms with Gasteiger partial charge in [-0.25, -0.2) is 0 Å². The molecule has 0 fully saturated rings. The van der Waals surface area contributed by atoms with Crippen LogP contribution in [0.2, 0.25) is 0 Å². The summed E-state index contributed by atoms with van der Waals surface area (Å²) in [7, 11) is 0. The van der Waals surface area contributed by atoms with Gasteiger partial charge in [0.2, 0.25) is 0 Å². The molecule has 0 unspecified atom stereocenters. The first-order chi connectivity index (χ1) is 26.3. The first kappa shape index (κ1) is 30.4. The fourth-order valence-electron chi connectivity index (χ4n) is 8.21. The van der Waals surface area contributed by atoms with Gasteiger partial charge in [0.25, 0.3) is 0 Å². The van der Waals surface area contributed by atoms with Crippen LogP contribution < -0.4 is 4.90 Å². The van der Waals surface area contributed by atoms with E-state index >= 15 is 0 Å². The van der Waals surface area contributed by atoms with Crippen molar-refractivity contribution in [2.75, 3.05) is 4.90 Å². The molecular weight excluding hydrogens is 679 g/mol. The summed E-state index contributed by atoms with van der Waals surface area (Å²) in [5, 5.41) is 10.2. The molecule has 0 bridgehead atoms. The van der Waals surface area contributed by atoms with Crippen molar-refractivity contribution < 1.29 is 0 Å². The Morgan fingerprint density at radius 2 is 0.906 bits per heavy atom. The van der Waals surface area contributed by atoms with Crippen LogP contribution in [0.4, 0.5) is 17.1 Å². The smallest absolute Gasteiger partial charge is 0.0547 e. The fourth-order valence-corrected chi connectivity index (χ4v) is 10.8. The summed E-state index contributed by atoms with van der Waals surface area (Å²) < 4.78 is 5.32. The number of hydrogen-bond acceptors (Lipinski definition) is 3. The molecule has 0 aliphatic heterocycles. The van der Waals surface area contributed by atoms with E-state index in [1.165, 1.54) is 95.5 Å². The van der Waals surface area contributed by atoms with Crippen LogP contribution in [0, 0.1) is 0 Å². The third-order valence-electron chi connectivity index (χ3n) is 10.6. The summed E-state index contributed by atoms with van der Waals surface area (Å²) in [6.45, 7) is 0. The minimum absolute atomic E-state index is 1.14. The normalized spacial score (nSPS) is 11.8. The van der Waals surface area contributed by atoms with Crippen LogP contribution in [0.1, 0.15) is 0 Å². The Balaban J connectivity index is 1.13. The summed E-state index contributed by atoms with van der Waals surface area (Å²) in [6.07, 6.45) is 0. The van der Waals surface area contributed by atoms with Crippen molar-refractivity contribution in [2.24, 2.45) is 0 Å². The second-order valence-corrected chi connectivity index (χ2v) is 15.7. The maximum absolute atomic E-state index is 2.45. The quantitative estimate of drug-likeness (QED) is 0.172. The monoisotopic (exact) mass is 709 g/mol. The summed E-state index contributed by atoms with van der Waals surface area (Å²) in [5.74, 6) is 0. The molecule has 1 nitrogen and oxygen atoms in total. The number of para-hydroxylation sites is 1. The Bertz CT molecular complexity index is 3170. The minimum Gasteiger partial charge on any atom is -0.309 e. The van der Waals surface area contributed by atoms with Gasteiger partial charge in [0, 0.05) is 62.2 Å². The van der Waals surface area contributed by atoms with E-state index in [4.69, 9.17) is 0 Å². The number of benzene rings is 9. The van der Waals surface area contributed by atoms with Gasteiger partial charge in [-0.3, -0.25) is 0 Å². The summed E-state index contributed by atoms with van der Waals surface area (Å²) in [5.41, 5.74) is 8.60. The molecule has 9 aromatic carbocycles. The van der Waals surface area contributed by atoms with E-state index in [0.717, 1.165) is 5.69 Å². The summed E-state index contributed by atoms with van der Waals surface area (Å²) >= 11 is 3.83. The SMILES string of the molecule is c1ccc(-c2cccc3c2sc2c(-c4ccc5c(c4)sc4c6ccccc6c(N(c6ccccc6)c6cccc7ccccc67)cc54)cccc23)cc1. The van der Waals surface area contributed by atoms with Gasteiger partial charge in [-0.1, -0.05) is 158 Å². The Kier molecular flexibility index (Phi) is 6.97. The molecular formula is C50H31NS2. The van der Waals surface area contributed by atoms with Gasteiger partial charge in [-0.05, 0) is 58.0 Å². The van der Waals surface area contributed by atoms with Gasteiger partial charge in [0.1, 0.15) is 0 Å². The first-order valence-corrected chi connectivity index (χ1v) is 19.6. The zero-order chi connectivity index (χ0) is 34.9. The van der Waals surface area contributed by atoms with Gasteiger partial charge in [-0.2, -0.15) is 0 Å². The third-order valence-corrected chi connectivity index (χ3v) is 13.1. The maximum Gasteiger partial charge on any atom is 0.0547 e. The number of thiophene rings is 2. The molecule has 53 heavy (non-hydrogen) atoms. The average Bonchev–Trinajstić information content (AvgIpc) is 3.80. The Morgan fingerprint density at radius 3 is 1.68 bits per heavy atom. The predicted molar refractivity (Wildman–Crippen MR) is 233 cm³/mol. The van der Waals surface area contributed by atoms with Crippen molar-refractivity contribution in [3.63, 3.8) is 0 Å². The van der Waals surface area contributed by atoms with E-state index in [1.807, 2.05) is 22.7 Å². The number of hydrogen-bond donors (Lipinski definition) is 0. The van der Waals surface area contributed by atoms with Crippen LogP contribution in [-0.4, -0.2) is 0 Å². The van der Waals surface area contributed by atoms with Gasteiger partial charge < -0.3 is 4.90 Å². The van der Waals surface area contributed by atoms with Crippen LogP contribution >= 0.6 is 22.7 Å². The van der Waals surface area contributed by atoms with E-state index in [-0.39, 0.29) is 0 Å². The lowest BCUT2D eigenvalue weighted by atomic mass is 9.98. The third kappa shape index (κ3) is 4.82. The average molecular weight is 710 g/mol. The van der Waals surface area contributed by atoms with E-state index in [2.05, 4.69) is 193 Å². The molecule has 0 spiro atoms. The van der Waals surface area contributed by atoms with Crippen LogP contribution in [-0.2, 0) is 0 Å². The molecule has 11 aromatic rings. The lowest BCUT2D eigenvalue weighted by Gasteiger charge is -2.28. The molecule has 0 saturated carbocycles. The van der Waals surface area contributed by atoms with E-state index in [9.17, 15) is 0 Å². The molecule has 0 aliphatic carbocycles. The molecule has 2 heterocycles. The van der Waals surface area contributed by atoms with Crippen molar-refractivity contribution in [1.29, 1.82) is 0 Å². The van der Waals surface area contributed by atoms with E-state index < -0.39 is 0 Å². The van der Waals surface area contributed by atoms with Crippen molar-refractivity contribution in [1.82, 2.24) is 0 Å². The molecule has 2 aromatic heterocycles. The van der Waals surface area contributed by atoms with Crippen LogP contribution in [0.25, 0.3) is 84.1 Å². The molecule has 0 amide bonds. The molecule has 11 rings (SSSR count). The van der Waals surface area contributed by atoms with Crippen molar-refractivity contribution >= 4 is 102 Å². The molecule has 0 saturated heterocycles. The minimum atomic E-state index is 1.14. The lowest BCUT2D eigenvalue weighted by Crippen LogP contribution is -2.11. The highest BCUT2D eigenvalue weighted by Crippen LogP contribution is 2.49. The van der Waals surface area contributed by atoms with Crippen molar-refractivity contribution in [3.8, 4) is 22.3 Å². The Morgan fingerprint density at radius 1 is 0.321 bits per heavy atom. The standard InChI is InChI=1S/C50H31NS2/c1-3-14-33(15-4-1)37-23-12-25-42-43-26-13-24-38(49(43)53-48(37)42)34-28-29-40-44-31-46(39-21-9-10-22-41(39)50(44)52-47(40)30-34)51(35-18-5-2-6-19-35)45-27-11-17-32-16-7-8-20-36(32)45/h1-31H. The van der Waals surface area contributed by atoms with E-state index in [1.54, 1.807) is 0 Å². The molecule has 0 atom stereocenters. The predicted octanol–water partition coefficient (Wildman–Crippen LogP) is 15.5.